The van der Waals surface area contributed by atoms with Crippen LogP contribution in [0.3, 0.4) is 0 Å². The number of hydrogen-bond acceptors (Lipinski definition) is 3. The molecule has 0 unspecified atom stereocenters. The summed E-state index contributed by atoms with van der Waals surface area (Å²) in [5, 5.41) is -0.00667. The van der Waals surface area contributed by atoms with Gasteiger partial charge in [0.25, 0.3) is 0 Å². The van der Waals surface area contributed by atoms with Crippen molar-refractivity contribution < 1.29 is 23.0 Å². The molecule has 2 aromatic rings. The molecule has 1 aromatic heterocycles. The van der Waals surface area contributed by atoms with E-state index >= 15 is 0 Å². The Morgan fingerprint density at radius 3 is 2.65 bits per heavy atom. The standard InChI is InChI=1S/C14H15F2NO3/c1-4-5-20-14(18)17-8(2)6-9-12(16)11(19-3)7-10(15)13(9)17/h6-7H,4-5H2,1-3H3. The molecule has 0 saturated heterocycles. The Bertz CT molecular complexity index is 664. The summed E-state index contributed by atoms with van der Waals surface area (Å²) < 4.78 is 39.0. The number of halogens is 2. The molecule has 108 valence electrons. The van der Waals surface area contributed by atoms with Crippen molar-refractivity contribution in [1.29, 1.82) is 0 Å². The number of fused-ring (bicyclic) bond motifs is 1. The van der Waals surface area contributed by atoms with Crippen molar-refractivity contribution in [1.82, 2.24) is 4.57 Å². The summed E-state index contributed by atoms with van der Waals surface area (Å²) in [7, 11) is 1.25. The molecule has 0 fully saturated rings. The molecule has 20 heavy (non-hydrogen) atoms. The summed E-state index contributed by atoms with van der Waals surface area (Å²) in [6.07, 6.45) is -0.0721. The molecule has 0 aliphatic heterocycles. The van der Waals surface area contributed by atoms with Gasteiger partial charge >= 0.3 is 6.09 Å². The number of aryl methyl sites for hydroxylation is 1. The molecule has 0 aliphatic rings. The van der Waals surface area contributed by atoms with Gasteiger partial charge in [0, 0.05) is 17.1 Å². The summed E-state index contributed by atoms with van der Waals surface area (Å²) in [4.78, 5) is 11.9. The van der Waals surface area contributed by atoms with Gasteiger partial charge < -0.3 is 9.47 Å². The maximum absolute atomic E-state index is 14.1. The summed E-state index contributed by atoms with van der Waals surface area (Å²) in [6.45, 7) is 3.65. The number of carbonyl (C=O) groups is 1. The quantitative estimate of drug-likeness (QED) is 0.863. The minimum atomic E-state index is -0.736. The van der Waals surface area contributed by atoms with Crippen LogP contribution in [0.5, 0.6) is 5.75 Å². The van der Waals surface area contributed by atoms with E-state index < -0.39 is 17.7 Å². The van der Waals surface area contributed by atoms with Gasteiger partial charge in [-0.05, 0) is 19.4 Å². The fourth-order valence-electron chi connectivity index (χ4n) is 2.06. The molecule has 0 bridgehead atoms. The number of ether oxygens (including phenoxy) is 2. The molecular weight excluding hydrogens is 268 g/mol. The number of nitrogens with zero attached hydrogens (tertiary/aromatic N) is 1. The van der Waals surface area contributed by atoms with Gasteiger partial charge in [0.15, 0.2) is 17.4 Å². The first-order valence-electron chi connectivity index (χ1n) is 6.22. The van der Waals surface area contributed by atoms with Crippen LogP contribution in [0.15, 0.2) is 12.1 Å². The van der Waals surface area contributed by atoms with E-state index in [4.69, 9.17) is 9.47 Å². The number of benzene rings is 1. The average molecular weight is 283 g/mol. The maximum Gasteiger partial charge on any atom is 0.418 e. The predicted octanol–water partition coefficient (Wildman–Crippen LogP) is 3.63. The zero-order chi connectivity index (χ0) is 14.9. The Morgan fingerprint density at radius 2 is 2.05 bits per heavy atom. The second-order valence-electron chi connectivity index (χ2n) is 4.37. The Morgan fingerprint density at radius 1 is 1.35 bits per heavy atom. The number of carbonyl (C=O) groups excluding carboxylic acids is 1. The van der Waals surface area contributed by atoms with Gasteiger partial charge in [-0.15, -0.1) is 0 Å². The van der Waals surface area contributed by atoms with Crippen LogP contribution in [-0.4, -0.2) is 24.4 Å². The molecule has 0 aliphatic carbocycles. The van der Waals surface area contributed by atoms with E-state index in [1.54, 1.807) is 6.92 Å². The predicted molar refractivity (Wildman–Crippen MR) is 70.2 cm³/mol. The molecule has 4 nitrogen and oxygen atoms in total. The monoisotopic (exact) mass is 283 g/mol. The minimum Gasteiger partial charge on any atom is -0.494 e. The summed E-state index contributed by atoms with van der Waals surface area (Å²) in [5.74, 6) is -1.64. The molecule has 1 heterocycles. The SMILES string of the molecule is CCCOC(=O)n1c(C)cc2c(F)c(OC)cc(F)c21. The first kappa shape index (κ1) is 14.3. The van der Waals surface area contributed by atoms with Crippen LogP contribution < -0.4 is 4.74 Å². The highest BCUT2D eigenvalue weighted by atomic mass is 19.1. The molecule has 1 aromatic carbocycles. The van der Waals surface area contributed by atoms with Gasteiger partial charge in [-0.25, -0.2) is 18.1 Å². The van der Waals surface area contributed by atoms with E-state index in [9.17, 15) is 13.6 Å². The van der Waals surface area contributed by atoms with Gasteiger partial charge in [0.05, 0.1) is 19.2 Å². The van der Waals surface area contributed by atoms with Gasteiger partial charge in [-0.3, -0.25) is 0 Å². The Kier molecular flexibility index (Phi) is 3.92. The van der Waals surface area contributed by atoms with E-state index in [1.165, 1.54) is 13.2 Å². The second-order valence-corrected chi connectivity index (χ2v) is 4.37. The Hall–Kier alpha value is -2.11. The van der Waals surface area contributed by atoms with Crippen molar-refractivity contribution in [2.75, 3.05) is 13.7 Å². The van der Waals surface area contributed by atoms with Crippen molar-refractivity contribution >= 4 is 17.0 Å². The zero-order valence-corrected chi connectivity index (χ0v) is 11.5. The lowest BCUT2D eigenvalue weighted by molar-refractivity contribution is 0.148. The molecule has 2 rings (SSSR count). The third kappa shape index (κ3) is 2.21. The second kappa shape index (κ2) is 5.48. The van der Waals surface area contributed by atoms with Crippen molar-refractivity contribution in [3.63, 3.8) is 0 Å². The molecule has 0 radical (unpaired) electrons. The van der Waals surface area contributed by atoms with Crippen molar-refractivity contribution in [2.24, 2.45) is 0 Å². The van der Waals surface area contributed by atoms with Crippen molar-refractivity contribution in [2.45, 2.75) is 20.3 Å². The molecule has 6 heteroatoms. The number of methoxy groups -OCH3 is 1. The first-order chi connectivity index (χ1) is 9.51. The van der Waals surface area contributed by atoms with E-state index in [0.717, 1.165) is 10.6 Å². The number of aromatic nitrogens is 1. The fraction of sp³-hybridized carbons (Fsp3) is 0.357. The van der Waals surface area contributed by atoms with Gasteiger partial charge in [-0.1, -0.05) is 6.92 Å². The lowest BCUT2D eigenvalue weighted by Gasteiger charge is -2.09. The highest BCUT2D eigenvalue weighted by molar-refractivity contribution is 5.92. The van der Waals surface area contributed by atoms with Gasteiger partial charge in [0.1, 0.15) is 0 Å². The normalized spacial score (nSPS) is 10.8. The van der Waals surface area contributed by atoms with Crippen LogP contribution in [0.1, 0.15) is 19.0 Å². The Labute approximate surface area is 114 Å². The molecule has 0 saturated carbocycles. The third-order valence-electron chi connectivity index (χ3n) is 2.95. The Balaban J connectivity index is 2.65. The smallest absolute Gasteiger partial charge is 0.418 e. The van der Waals surface area contributed by atoms with Crippen LogP contribution in [0.4, 0.5) is 13.6 Å². The fourth-order valence-corrected chi connectivity index (χ4v) is 2.06. The van der Waals surface area contributed by atoms with Crippen molar-refractivity contribution in [3.8, 4) is 5.75 Å². The lowest BCUT2D eigenvalue weighted by atomic mass is 10.2. The van der Waals surface area contributed by atoms with E-state index in [1.807, 2.05) is 6.92 Å². The van der Waals surface area contributed by atoms with Crippen LogP contribution in [-0.2, 0) is 4.74 Å². The molecular formula is C14H15F2NO3. The van der Waals surface area contributed by atoms with Gasteiger partial charge in [-0.2, -0.15) is 0 Å². The largest absolute Gasteiger partial charge is 0.494 e. The zero-order valence-electron chi connectivity index (χ0n) is 11.5. The summed E-state index contributed by atoms with van der Waals surface area (Å²) in [5.41, 5.74) is 0.258. The third-order valence-corrected chi connectivity index (χ3v) is 2.95. The summed E-state index contributed by atoms with van der Waals surface area (Å²) >= 11 is 0. The van der Waals surface area contributed by atoms with Crippen LogP contribution >= 0.6 is 0 Å². The maximum atomic E-state index is 14.1. The summed E-state index contributed by atoms with van der Waals surface area (Å²) in [6, 6.07) is 2.31. The average Bonchev–Trinajstić information content (AvgIpc) is 2.78. The van der Waals surface area contributed by atoms with Crippen LogP contribution in [0, 0.1) is 18.6 Å². The van der Waals surface area contributed by atoms with Crippen LogP contribution in [0.25, 0.3) is 10.9 Å². The number of rotatable bonds is 3. The van der Waals surface area contributed by atoms with Crippen LogP contribution in [0.2, 0.25) is 0 Å². The van der Waals surface area contributed by atoms with E-state index in [2.05, 4.69) is 0 Å². The molecule has 0 spiro atoms. The highest BCUT2D eigenvalue weighted by Gasteiger charge is 2.22. The molecule has 0 amide bonds. The first-order valence-corrected chi connectivity index (χ1v) is 6.22. The van der Waals surface area contributed by atoms with E-state index in [0.29, 0.717) is 12.1 Å². The number of hydrogen-bond donors (Lipinski definition) is 0. The molecule has 0 atom stereocenters. The minimum absolute atomic E-state index is 0.00667. The van der Waals surface area contributed by atoms with Gasteiger partial charge in [0.2, 0.25) is 0 Å². The lowest BCUT2D eigenvalue weighted by Crippen LogP contribution is -2.16. The van der Waals surface area contributed by atoms with E-state index in [-0.39, 0.29) is 23.3 Å². The van der Waals surface area contributed by atoms with Crippen molar-refractivity contribution in [3.05, 3.63) is 29.5 Å². The highest BCUT2D eigenvalue weighted by Crippen LogP contribution is 2.31. The molecule has 0 N–H and O–H groups in total. The topological polar surface area (TPSA) is 40.5 Å².